The fourth-order valence-electron chi connectivity index (χ4n) is 2.70. The Bertz CT molecular complexity index is 1150. The van der Waals surface area contributed by atoms with Crippen molar-refractivity contribution in [2.45, 2.75) is 4.90 Å². The molecular formula is C21H19FN2O4S. The minimum atomic E-state index is -4.06. The van der Waals surface area contributed by atoms with E-state index in [2.05, 4.69) is 5.32 Å². The van der Waals surface area contributed by atoms with Crippen molar-refractivity contribution < 1.29 is 22.3 Å². The van der Waals surface area contributed by atoms with E-state index in [1.54, 1.807) is 30.3 Å². The zero-order valence-electron chi connectivity index (χ0n) is 15.8. The van der Waals surface area contributed by atoms with Gasteiger partial charge in [-0.15, -0.1) is 0 Å². The molecule has 0 atom stereocenters. The van der Waals surface area contributed by atoms with E-state index in [9.17, 15) is 17.6 Å². The first-order valence-corrected chi connectivity index (χ1v) is 10.1. The van der Waals surface area contributed by atoms with E-state index in [-0.39, 0.29) is 16.1 Å². The molecule has 3 aromatic rings. The third kappa shape index (κ3) is 4.38. The van der Waals surface area contributed by atoms with Crippen molar-refractivity contribution >= 4 is 27.3 Å². The van der Waals surface area contributed by atoms with E-state index in [1.165, 1.54) is 56.6 Å². The molecular weight excluding hydrogens is 395 g/mol. The fourth-order valence-corrected chi connectivity index (χ4v) is 3.95. The van der Waals surface area contributed by atoms with Gasteiger partial charge in [-0.05, 0) is 42.5 Å². The number of carbonyl (C=O) groups is 1. The van der Waals surface area contributed by atoms with Gasteiger partial charge in [0.1, 0.15) is 11.6 Å². The fraction of sp³-hybridized carbons (Fsp3) is 0.0952. The van der Waals surface area contributed by atoms with Gasteiger partial charge in [0.25, 0.3) is 15.9 Å². The number of ether oxygens (including phenoxy) is 1. The summed E-state index contributed by atoms with van der Waals surface area (Å²) >= 11 is 0. The van der Waals surface area contributed by atoms with Crippen molar-refractivity contribution in [1.29, 1.82) is 0 Å². The number of rotatable bonds is 6. The van der Waals surface area contributed by atoms with Gasteiger partial charge in [-0.3, -0.25) is 9.10 Å². The zero-order chi connectivity index (χ0) is 21.0. The molecule has 1 amide bonds. The van der Waals surface area contributed by atoms with Crippen molar-refractivity contribution in [3.63, 3.8) is 0 Å². The SMILES string of the molecule is COc1cccc(NC(=O)c2cccc(S(=O)(=O)N(C)c3ccccc3F)c2)c1. The predicted octanol–water partition coefficient (Wildman–Crippen LogP) is 3.91. The zero-order valence-corrected chi connectivity index (χ0v) is 16.6. The standard InChI is InChI=1S/C21H19FN2O4S/c1-24(20-12-4-3-11-19(20)22)29(26,27)18-10-5-7-15(13-18)21(25)23-16-8-6-9-17(14-16)28-2/h3-14H,1-2H3,(H,23,25). The molecule has 0 spiro atoms. The first kappa shape index (κ1) is 20.3. The first-order valence-electron chi connectivity index (χ1n) is 8.62. The normalized spacial score (nSPS) is 11.0. The average molecular weight is 414 g/mol. The second kappa shape index (κ2) is 8.32. The lowest BCUT2D eigenvalue weighted by Crippen LogP contribution is -2.27. The highest BCUT2D eigenvalue weighted by molar-refractivity contribution is 7.92. The summed E-state index contributed by atoms with van der Waals surface area (Å²) in [6, 6.07) is 17.9. The Labute approximate surface area is 168 Å². The van der Waals surface area contributed by atoms with Crippen LogP contribution in [0.4, 0.5) is 15.8 Å². The van der Waals surface area contributed by atoms with Crippen molar-refractivity contribution in [3.8, 4) is 5.75 Å². The van der Waals surface area contributed by atoms with Gasteiger partial charge >= 0.3 is 0 Å². The number of amides is 1. The van der Waals surface area contributed by atoms with Gasteiger partial charge in [0.2, 0.25) is 0 Å². The van der Waals surface area contributed by atoms with Crippen LogP contribution in [0.2, 0.25) is 0 Å². The Morgan fingerprint density at radius 1 is 1.00 bits per heavy atom. The van der Waals surface area contributed by atoms with Crippen molar-refractivity contribution in [2.24, 2.45) is 0 Å². The number of halogens is 1. The van der Waals surface area contributed by atoms with E-state index in [0.29, 0.717) is 11.4 Å². The van der Waals surface area contributed by atoms with Gasteiger partial charge in [-0.25, -0.2) is 12.8 Å². The number of nitrogens with zero attached hydrogens (tertiary/aromatic N) is 1. The van der Waals surface area contributed by atoms with Gasteiger partial charge in [0.15, 0.2) is 0 Å². The minimum absolute atomic E-state index is 0.0845. The number of sulfonamides is 1. The average Bonchev–Trinajstić information content (AvgIpc) is 2.73. The Morgan fingerprint density at radius 2 is 1.72 bits per heavy atom. The topological polar surface area (TPSA) is 75.7 Å². The number of benzene rings is 3. The molecule has 0 unspecified atom stereocenters. The van der Waals surface area contributed by atoms with Crippen LogP contribution in [-0.4, -0.2) is 28.5 Å². The van der Waals surface area contributed by atoms with Crippen LogP contribution in [0.5, 0.6) is 5.75 Å². The number of hydrogen-bond acceptors (Lipinski definition) is 4. The monoisotopic (exact) mass is 414 g/mol. The number of hydrogen-bond donors (Lipinski definition) is 1. The predicted molar refractivity (Wildman–Crippen MR) is 109 cm³/mol. The number of para-hydroxylation sites is 1. The molecule has 0 radical (unpaired) electrons. The molecule has 0 aliphatic rings. The molecule has 8 heteroatoms. The highest BCUT2D eigenvalue weighted by Crippen LogP contribution is 2.25. The summed E-state index contributed by atoms with van der Waals surface area (Å²) in [5.41, 5.74) is 0.570. The number of anilines is 2. The largest absolute Gasteiger partial charge is 0.497 e. The third-order valence-electron chi connectivity index (χ3n) is 4.27. The highest BCUT2D eigenvalue weighted by atomic mass is 32.2. The lowest BCUT2D eigenvalue weighted by molar-refractivity contribution is 0.102. The summed E-state index contributed by atoms with van der Waals surface area (Å²) in [5.74, 6) is -0.569. The molecule has 29 heavy (non-hydrogen) atoms. The maximum absolute atomic E-state index is 14.0. The van der Waals surface area contributed by atoms with Gasteiger partial charge in [0, 0.05) is 24.4 Å². The first-order chi connectivity index (χ1) is 13.8. The molecule has 3 rings (SSSR count). The molecule has 0 aliphatic heterocycles. The quantitative estimate of drug-likeness (QED) is 0.664. The van der Waals surface area contributed by atoms with Gasteiger partial charge in [-0.2, -0.15) is 0 Å². The van der Waals surface area contributed by atoms with Crippen LogP contribution < -0.4 is 14.4 Å². The Balaban J connectivity index is 1.88. The van der Waals surface area contributed by atoms with E-state index < -0.39 is 21.7 Å². The van der Waals surface area contributed by atoms with Crippen LogP contribution >= 0.6 is 0 Å². The van der Waals surface area contributed by atoms with E-state index in [4.69, 9.17) is 4.74 Å². The molecule has 0 fully saturated rings. The smallest absolute Gasteiger partial charge is 0.264 e. The van der Waals surface area contributed by atoms with E-state index in [0.717, 1.165) is 4.31 Å². The molecule has 3 aromatic carbocycles. The Morgan fingerprint density at radius 3 is 2.45 bits per heavy atom. The molecule has 0 saturated heterocycles. The van der Waals surface area contributed by atoms with E-state index >= 15 is 0 Å². The van der Waals surface area contributed by atoms with Crippen LogP contribution in [0.25, 0.3) is 0 Å². The van der Waals surface area contributed by atoms with Gasteiger partial charge < -0.3 is 10.1 Å². The summed E-state index contributed by atoms with van der Waals surface area (Å²) in [5, 5.41) is 2.69. The lowest BCUT2D eigenvalue weighted by Gasteiger charge is -2.20. The summed E-state index contributed by atoms with van der Waals surface area (Å²) < 4.78 is 45.8. The lowest BCUT2D eigenvalue weighted by atomic mass is 10.2. The van der Waals surface area contributed by atoms with E-state index in [1.807, 2.05) is 0 Å². The summed E-state index contributed by atoms with van der Waals surface area (Å²) in [6.07, 6.45) is 0. The third-order valence-corrected chi connectivity index (χ3v) is 6.04. The summed E-state index contributed by atoms with van der Waals surface area (Å²) in [6.45, 7) is 0. The molecule has 0 bridgehead atoms. The molecule has 150 valence electrons. The van der Waals surface area contributed by atoms with Crippen LogP contribution in [0.3, 0.4) is 0 Å². The summed E-state index contributed by atoms with van der Waals surface area (Å²) in [4.78, 5) is 12.4. The molecule has 6 nitrogen and oxygen atoms in total. The molecule has 0 aliphatic carbocycles. The number of nitrogens with one attached hydrogen (secondary N) is 1. The van der Waals surface area contributed by atoms with Gasteiger partial charge in [-0.1, -0.05) is 24.3 Å². The van der Waals surface area contributed by atoms with Crippen LogP contribution in [0.15, 0.2) is 77.7 Å². The highest BCUT2D eigenvalue weighted by Gasteiger charge is 2.24. The minimum Gasteiger partial charge on any atom is -0.497 e. The number of carbonyl (C=O) groups excluding carboxylic acids is 1. The maximum Gasteiger partial charge on any atom is 0.264 e. The Hall–Kier alpha value is -3.39. The van der Waals surface area contributed by atoms with Gasteiger partial charge in [0.05, 0.1) is 17.7 Å². The molecule has 0 heterocycles. The maximum atomic E-state index is 14.0. The van der Waals surface area contributed by atoms with Crippen molar-refractivity contribution in [1.82, 2.24) is 0 Å². The van der Waals surface area contributed by atoms with Crippen LogP contribution in [0, 0.1) is 5.82 Å². The second-order valence-electron chi connectivity index (χ2n) is 6.14. The van der Waals surface area contributed by atoms with Crippen LogP contribution in [0.1, 0.15) is 10.4 Å². The molecule has 1 N–H and O–H groups in total. The van der Waals surface area contributed by atoms with Crippen molar-refractivity contribution in [2.75, 3.05) is 23.8 Å². The molecule has 0 aromatic heterocycles. The number of methoxy groups -OCH3 is 1. The van der Waals surface area contributed by atoms with Crippen molar-refractivity contribution in [3.05, 3.63) is 84.2 Å². The van der Waals surface area contributed by atoms with Crippen LogP contribution in [-0.2, 0) is 10.0 Å². The second-order valence-corrected chi connectivity index (χ2v) is 8.11. The Kier molecular flexibility index (Phi) is 5.84. The summed E-state index contributed by atoms with van der Waals surface area (Å²) in [7, 11) is -1.28. The molecule has 0 saturated carbocycles.